The van der Waals surface area contributed by atoms with Gasteiger partial charge in [0, 0.05) is 17.5 Å². The van der Waals surface area contributed by atoms with E-state index < -0.39 is 6.04 Å². The van der Waals surface area contributed by atoms with Crippen LogP contribution in [-0.2, 0) is 11.3 Å². The van der Waals surface area contributed by atoms with E-state index in [1.165, 1.54) is 0 Å². The summed E-state index contributed by atoms with van der Waals surface area (Å²) in [5.41, 5.74) is 1.42. The fourth-order valence-electron chi connectivity index (χ4n) is 2.88. The average molecular weight is 355 g/mol. The van der Waals surface area contributed by atoms with Crippen LogP contribution in [0.3, 0.4) is 0 Å². The van der Waals surface area contributed by atoms with Gasteiger partial charge in [0.2, 0.25) is 5.91 Å². The molecule has 1 N–H and O–H groups in total. The first kappa shape index (κ1) is 17.5. The van der Waals surface area contributed by atoms with Crippen LogP contribution in [0.25, 0.3) is 0 Å². The highest BCUT2D eigenvalue weighted by atomic mass is 32.2. The molecule has 6 heteroatoms. The molecule has 2 atom stereocenters. The predicted octanol–water partition coefficient (Wildman–Crippen LogP) is 2.69. The number of thioether (sulfide) groups is 1. The first-order chi connectivity index (χ1) is 12.2. The third-order valence-electron chi connectivity index (χ3n) is 4.17. The molecule has 1 aliphatic rings. The highest BCUT2D eigenvalue weighted by Gasteiger charge is 2.40. The number of nitrogens with one attached hydrogen (secondary N) is 1. The van der Waals surface area contributed by atoms with Crippen LogP contribution in [0.2, 0.25) is 0 Å². The number of aromatic nitrogens is 1. The molecule has 0 saturated carbocycles. The van der Waals surface area contributed by atoms with Gasteiger partial charge in [0.05, 0.1) is 17.6 Å². The summed E-state index contributed by atoms with van der Waals surface area (Å²) in [6, 6.07) is 14.3. The van der Waals surface area contributed by atoms with Gasteiger partial charge in [0.15, 0.2) is 0 Å². The molecule has 1 aromatic carbocycles. The van der Waals surface area contributed by atoms with Crippen LogP contribution in [0.5, 0.6) is 0 Å². The van der Waals surface area contributed by atoms with Gasteiger partial charge in [-0.05, 0) is 30.7 Å². The van der Waals surface area contributed by atoms with Crippen molar-refractivity contribution in [1.82, 2.24) is 15.2 Å². The van der Waals surface area contributed by atoms with Crippen molar-refractivity contribution < 1.29 is 9.59 Å². The second kappa shape index (κ2) is 8.16. The second-order valence-corrected chi connectivity index (χ2v) is 7.04. The number of carbonyl (C=O) groups is 2. The Morgan fingerprint density at radius 3 is 2.64 bits per heavy atom. The summed E-state index contributed by atoms with van der Waals surface area (Å²) in [5.74, 6) is 0.402. The van der Waals surface area contributed by atoms with Crippen LogP contribution in [0.4, 0.5) is 0 Å². The lowest BCUT2D eigenvalue weighted by Gasteiger charge is -2.28. The zero-order valence-corrected chi connectivity index (χ0v) is 14.9. The minimum atomic E-state index is -0.452. The molecule has 0 bridgehead atoms. The van der Waals surface area contributed by atoms with E-state index >= 15 is 0 Å². The molecule has 0 radical (unpaired) electrons. The summed E-state index contributed by atoms with van der Waals surface area (Å²) in [6.45, 7) is 2.40. The van der Waals surface area contributed by atoms with E-state index in [1.807, 2.05) is 43.3 Å². The SMILES string of the molecule is CCC1SCC(C(=O)NCc2ccccn2)N1C(=O)c1ccccc1. The zero-order valence-electron chi connectivity index (χ0n) is 14.1. The number of rotatable bonds is 5. The molecule has 1 aliphatic heterocycles. The Hall–Kier alpha value is -2.34. The molecule has 1 saturated heterocycles. The molecule has 2 amide bonds. The first-order valence-corrected chi connectivity index (χ1v) is 9.42. The van der Waals surface area contributed by atoms with Gasteiger partial charge in [-0.3, -0.25) is 14.6 Å². The maximum absolute atomic E-state index is 12.9. The van der Waals surface area contributed by atoms with E-state index in [0.717, 1.165) is 12.1 Å². The fraction of sp³-hybridized carbons (Fsp3) is 0.316. The van der Waals surface area contributed by atoms with Gasteiger partial charge >= 0.3 is 0 Å². The van der Waals surface area contributed by atoms with Crippen LogP contribution < -0.4 is 5.32 Å². The first-order valence-electron chi connectivity index (χ1n) is 8.37. The highest BCUT2D eigenvalue weighted by Crippen LogP contribution is 2.32. The Kier molecular flexibility index (Phi) is 5.71. The molecule has 2 heterocycles. The fourth-order valence-corrected chi connectivity index (χ4v) is 4.24. The molecule has 0 aliphatic carbocycles. The van der Waals surface area contributed by atoms with Crippen molar-refractivity contribution >= 4 is 23.6 Å². The van der Waals surface area contributed by atoms with E-state index in [-0.39, 0.29) is 17.2 Å². The quantitative estimate of drug-likeness (QED) is 0.896. The Bertz CT molecular complexity index is 724. The van der Waals surface area contributed by atoms with Crippen molar-refractivity contribution in [2.45, 2.75) is 31.3 Å². The second-order valence-electron chi connectivity index (χ2n) is 5.83. The molecule has 5 nitrogen and oxygen atoms in total. The van der Waals surface area contributed by atoms with Crippen LogP contribution in [0.1, 0.15) is 29.4 Å². The smallest absolute Gasteiger partial charge is 0.255 e. The van der Waals surface area contributed by atoms with Gasteiger partial charge in [-0.25, -0.2) is 0 Å². The lowest BCUT2D eigenvalue weighted by Crippen LogP contribution is -2.49. The molecular weight excluding hydrogens is 334 g/mol. The monoisotopic (exact) mass is 355 g/mol. The number of carbonyl (C=O) groups excluding carboxylic acids is 2. The van der Waals surface area contributed by atoms with E-state index in [1.54, 1.807) is 35.0 Å². The molecule has 0 spiro atoms. The van der Waals surface area contributed by atoms with Gasteiger partial charge < -0.3 is 10.2 Å². The van der Waals surface area contributed by atoms with Crippen molar-refractivity contribution in [3.05, 3.63) is 66.0 Å². The third-order valence-corrected chi connectivity index (χ3v) is 5.62. The van der Waals surface area contributed by atoms with Gasteiger partial charge in [0.25, 0.3) is 5.91 Å². The van der Waals surface area contributed by atoms with Crippen molar-refractivity contribution in [2.24, 2.45) is 0 Å². The summed E-state index contributed by atoms with van der Waals surface area (Å²) in [4.78, 5) is 31.5. The van der Waals surface area contributed by atoms with Crippen LogP contribution >= 0.6 is 11.8 Å². The van der Waals surface area contributed by atoms with Crippen molar-refractivity contribution in [3.8, 4) is 0 Å². The molecule has 3 rings (SSSR count). The standard InChI is InChI=1S/C19H21N3O2S/c1-2-17-22(19(24)14-8-4-3-5-9-14)16(13-25-17)18(23)21-12-15-10-6-7-11-20-15/h3-11,16-17H,2,12-13H2,1H3,(H,21,23). The van der Waals surface area contributed by atoms with Crippen molar-refractivity contribution in [1.29, 1.82) is 0 Å². The lowest BCUT2D eigenvalue weighted by atomic mass is 10.1. The van der Waals surface area contributed by atoms with E-state index in [4.69, 9.17) is 0 Å². The number of nitrogens with zero attached hydrogens (tertiary/aromatic N) is 2. The van der Waals surface area contributed by atoms with Crippen LogP contribution in [0.15, 0.2) is 54.7 Å². The van der Waals surface area contributed by atoms with E-state index in [9.17, 15) is 9.59 Å². The number of benzene rings is 1. The van der Waals surface area contributed by atoms with Crippen LogP contribution in [-0.4, -0.2) is 38.9 Å². The lowest BCUT2D eigenvalue weighted by molar-refractivity contribution is -0.125. The van der Waals surface area contributed by atoms with Gasteiger partial charge in [-0.15, -0.1) is 11.8 Å². The predicted molar refractivity (Wildman–Crippen MR) is 99.0 cm³/mol. The molecule has 25 heavy (non-hydrogen) atoms. The molecule has 1 fully saturated rings. The summed E-state index contributed by atoms with van der Waals surface area (Å²) in [6.07, 6.45) is 2.51. The normalized spacial score (nSPS) is 19.6. The van der Waals surface area contributed by atoms with Crippen molar-refractivity contribution in [2.75, 3.05) is 5.75 Å². The van der Waals surface area contributed by atoms with Gasteiger partial charge in [-0.2, -0.15) is 0 Å². The number of hydrogen-bond acceptors (Lipinski definition) is 4. The largest absolute Gasteiger partial charge is 0.349 e. The number of hydrogen-bond donors (Lipinski definition) is 1. The maximum Gasteiger partial charge on any atom is 0.255 e. The van der Waals surface area contributed by atoms with Crippen molar-refractivity contribution in [3.63, 3.8) is 0 Å². The summed E-state index contributed by atoms with van der Waals surface area (Å²) in [7, 11) is 0. The van der Waals surface area contributed by atoms with E-state index in [2.05, 4.69) is 10.3 Å². The minimum absolute atomic E-state index is 0.0262. The molecule has 1 aromatic heterocycles. The Balaban J connectivity index is 1.72. The van der Waals surface area contributed by atoms with Crippen LogP contribution in [0, 0.1) is 0 Å². The van der Waals surface area contributed by atoms with Gasteiger partial charge in [-0.1, -0.05) is 31.2 Å². The Labute approximate surface area is 151 Å². The molecule has 130 valence electrons. The molecular formula is C19H21N3O2S. The number of amides is 2. The number of pyridine rings is 1. The Morgan fingerprint density at radius 2 is 1.96 bits per heavy atom. The van der Waals surface area contributed by atoms with E-state index in [0.29, 0.717) is 17.9 Å². The zero-order chi connectivity index (χ0) is 17.6. The summed E-state index contributed by atoms with van der Waals surface area (Å²) in [5, 5.41) is 2.94. The minimum Gasteiger partial charge on any atom is -0.349 e. The Morgan fingerprint density at radius 1 is 1.20 bits per heavy atom. The third kappa shape index (κ3) is 4.02. The highest BCUT2D eigenvalue weighted by molar-refractivity contribution is 8.00. The summed E-state index contributed by atoms with van der Waals surface area (Å²) < 4.78 is 0. The topological polar surface area (TPSA) is 62.3 Å². The molecule has 2 aromatic rings. The summed E-state index contributed by atoms with van der Waals surface area (Å²) >= 11 is 1.66. The average Bonchev–Trinajstić information content (AvgIpc) is 3.11. The van der Waals surface area contributed by atoms with Gasteiger partial charge in [0.1, 0.15) is 6.04 Å². The maximum atomic E-state index is 12.9. The molecule has 2 unspecified atom stereocenters.